The number of alkyl halides is 3. The first kappa shape index (κ1) is 13.7. The highest BCUT2D eigenvalue weighted by atomic mass is 19.4. The Kier molecular flexibility index (Phi) is 4.39. The molecule has 0 aromatic rings. The van der Waals surface area contributed by atoms with E-state index < -0.39 is 18.3 Å². The summed E-state index contributed by atoms with van der Waals surface area (Å²) in [6, 6.07) is 0. The second kappa shape index (κ2) is 4.49. The Morgan fingerprint density at radius 1 is 1.29 bits per heavy atom. The van der Waals surface area contributed by atoms with E-state index in [1.54, 1.807) is 6.92 Å². The van der Waals surface area contributed by atoms with Crippen LogP contribution in [-0.2, 0) is 0 Å². The fourth-order valence-corrected chi connectivity index (χ4v) is 1.28. The average Bonchev–Trinajstić information content (AvgIpc) is 1.99. The van der Waals surface area contributed by atoms with Gasteiger partial charge in [-0.25, -0.2) is 0 Å². The predicted molar refractivity (Wildman–Crippen MR) is 51.0 cm³/mol. The smallest absolute Gasteiger partial charge is 0.329 e. The molecule has 0 aromatic carbocycles. The van der Waals surface area contributed by atoms with Gasteiger partial charge in [-0.2, -0.15) is 13.2 Å². The highest BCUT2D eigenvalue weighted by Crippen LogP contribution is 2.26. The predicted octanol–water partition coefficient (Wildman–Crippen LogP) is 1.85. The molecule has 0 aliphatic carbocycles. The Bertz CT molecular complexity index is 179. The minimum absolute atomic E-state index is 0.0832. The highest BCUT2D eigenvalue weighted by Gasteiger charge is 2.38. The standard InChI is InChI=1S/C9H19F3N2/c1-7(2)8(3,5-13)14(4)6-9(10,11)12/h7H,5-6,13H2,1-4H3. The van der Waals surface area contributed by atoms with Gasteiger partial charge in [0.2, 0.25) is 0 Å². The molecule has 0 saturated carbocycles. The summed E-state index contributed by atoms with van der Waals surface area (Å²) in [4.78, 5) is 1.28. The molecule has 0 radical (unpaired) electrons. The van der Waals surface area contributed by atoms with E-state index in [9.17, 15) is 13.2 Å². The number of halogens is 3. The van der Waals surface area contributed by atoms with Gasteiger partial charge >= 0.3 is 6.18 Å². The Labute approximate surface area is 83.3 Å². The summed E-state index contributed by atoms with van der Waals surface area (Å²) >= 11 is 0. The molecule has 0 spiro atoms. The van der Waals surface area contributed by atoms with E-state index in [2.05, 4.69) is 0 Å². The molecule has 2 N–H and O–H groups in total. The fourth-order valence-electron chi connectivity index (χ4n) is 1.28. The zero-order chi connectivity index (χ0) is 11.6. The van der Waals surface area contributed by atoms with Crippen molar-refractivity contribution >= 4 is 0 Å². The van der Waals surface area contributed by atoms with Gasteiger partial charge in [-0.1, -0.05) is 13.8 Å². The van der Waals surface area contributed by atoms with Crippen molar-refractivity contribution in [1.29, 1.82) is 0 Å². The second-order valence-electron chi connectivity index (χ2n) is 4.19. The molecule has 0 aromatic heterocycles. The van der Waals surface area contributed by atoms with E-state index in [-0.39, 0.29) is 12.5 Å². The van der Waals surface area contributed by atoms with Crippen molar-refractivity contribution in [3.8, 4) is 0 Å². The van der Waals surface area contributed by atoms with Crippen molar-refractivity contribution in [2.24, 2.45) is 11.7 Å². The molecule has 14 heavy (non-hydrogen) atoms. The van der Waals surface area contributed by atoms with Crippen LogP contribution in [0.15, 0.2) is 0 Å². The topological polar surface area (TPSA) is 29.3 Å². The molecule has 86 valence electrons. The Hall–Kier alpha value is -0.290. The fraction of sp³-hybridized carbons (Fsp3) is 1.00. The molecule has 1 unspecified atom stereocenters. The quantitative estimate of drug-likeness (QED) is 0.770. The average molecular weight is 212 g/mol. The van der Waals surface area contributed by atoms with Gasteiger partial charge in [0.05, 0.1) is 6.54 Å². The van der Waals surface area contributed by atoms with Crippen LogP contribution in [0.2, 0.25) is 0 Å². The normalized spacial score (nSPS) is 17.6. The van der Waals surface area contributed by atoms with Crippen LogP contribution in [0.4, 0.5) is 13.2 Å². The molecule has 0 fully saturated rings. The number of hydrogen-bond acceptors (Lipinski definition) is 2. The van der Waals surface area contributed by atoms with Gasteiger partial charge in [0.1, 0.15) is 0 Å². The van der Waals surface area contributed by atoms with Gasteiger partial charge < -0.3 is 5.73 Å². The first-order chi connectivity index (χ1) is 6.13. The third-order valence-corrected chi connectivity index (χ3v) is 2.95. The van der Waals surface area contributed by atoms with E-state index in [1.165, 1.54) is 11.9 Å². The van der Waals surface area contributed by atoms with Crippen LogP contribution in [-0.4, -0.2) is 36.8 Å². The van der Waals surface area contributed by atoms with Crippen LogP contribution >= 0.6 is 0 Å². The van der Waals surface area contributed by atoms with Crippen LogP contribution < -0.4 is 5.73 Å². The molecule has 0 heterocycles. The van der Waals surface area contributed by atoms with Crippen LogP contribution in [0.5, 0.6) is 0 Å². The lowest BCUT2D eigenvalue weighted by Gasteiger charge is -2.41. The maximum Gasteiger partial charge on any atom is 0.401 e. The molecule has 1 atom stereocenters. The largest absolute Gasteiger partial charge is 0.401 e. The van der Waals surface area contributed by atoms with E-state index in [0.717, 1.165) is 0 Å². The van der Waals surface area contributed by atoms with Crippen molar-refractivity contribution < 1.29 is 13.2 Å². The van der Waals surface area contributed by atoms with Gasteiger partial charge in [0, 0.05) is 12.1 Å². The lowest BCUT2D eigenvalue weighted by atomic mass is 9.87. The maximum absolute atomic E-state index is 12.2. The molecule has 0 aliphatic rings. The molecule has 0 aliphatic heterocycles. The Morgan fingerprint density at radius 3 is 1.93 bits per heavy atom. The van der Waals surface area contributed by atoms with Gasteiger partial charge in [-0.15, -0.1) is 0 Å². The molecular formula is C9H19F3N2. The van der Waals surface area contributed by atoms with Gasteiger partial charge in [-0.05, 0) is 19.9 Å². The van der Waals surface area contributed by atoms with Gasteiger partial charge in [0.15, 0.2) is 0 Å². The van der Waals surface area contributed by atoms with Crippen molar-refractivity contribution in [1.82, 2.24) is 4.90 Å². The minimum Gasteiger partial charge on any atom is -0.329 e. The van der Waals surface area contributed by atoms with Crippen LogP contribution in [0.3, 0.4) is 0 Å². The lowest BCUT2D eigenvalue weighted by Crippen LogP contribution is -2.55. The molecule has 0 saturated heterocycles. The number of rotatable bonds is 4. The maximum atomic E-state index is 12.2. The Balaban J connectivity index is 4.54. The summed E-state index contributed by atoms with van der Waals surface area (Å²) in [5.41, 5.74) is 4.92. The van der Waals surface area contributed by atoms with E-state index in [0.29, 0.717) is 0 Å². The van der Waals surface area contributed by atoms with Crippen molar-refractivity contribution in [3.63, 3.8) is 0 Å². The molecule has 0 bridgehead atoms. The summed E-state index contributed by atoms with van der Waals surface area (Å²) in [6.45, 7) is 4.80. The van der Waals surface area contributed by atoms with Gasteiger partial charge in [0.25, 0.3) is 0 Å². The van der Waals surface area contributed by atoms with Crippen LogP contribution in [0.25, 0.3) is 0 Å². The summed E-state index contributed by atoms with van der Waals surface area (Å²) in [7, 11) is 1.46. The van der Waals surface area contributed by atoms with E-state index >= 15 is 0 Å². The summed E-state index contributed by atoms with van der Waals surface area (Å²) < 4.78 is 36.5. The second-order valence-corrected chi connectivity index (χ2v) is 4.19. The van der Waals surface area contributed by atoms with E-state index in [4.69, 9.17) is 5.73 Å². The third kappa shape index (κ3) is 3.46. The highest BCUT2D eigenvalue weighted by molar-refractivity contribution is 4.89. The van der Waals surface area contributed by atoms with E-state index in [1.807, 2.05) is 13.8 Å². The van der Waals surface area contributed by atoms with Crippen LogP contribution in [0, 0.1) is 5.92 Å². The zero-order valence-electron chi connectivity index (χ0n) is 9.15. The zero-order valence-corrected chi connectivity index (χ0v) is 9.15. The molecule has 5 heteroatoms. The molecular weight excluding hydrogens is 193 g/mol. The first-order valence-electron chi connectivity index (χ1n) is 4.61. The van der Waals surface area contributed by atoms with Crippen molar-refractivity contribution in [2.75, 3.05) is 20.1 Å². The van der Waals surface area contributed by atoms with Crippen molar-refractivity contribution in [2.45, 2.75) is 32.5 Å². The minimum atomic E-state index is -4.17. The number of likely N-dealkylation sites (N-methyl/N-ethyl adjacent to an activating group) is 1. The number of hydrogen-bond donors (Lipinski definition) is 1. The molecule has 0 rings (SSSR count). The number of nitrogens with two attached hydrogens (primary N) is 1. The lowest BCUT2D eigenvalue weighted by molar-refractivity contribution is -0.156. The Morgan fingerprint density at radius 2 is 1.71 bits per heavy atom. The summed E-state index contributed by atoms with van der Waals surface area (Å²) in [5, 5.41) is 0. The SMILES string of the molecule is CC(C)C(C)(CN)N(C)CC(F)(F)F. The summed E-state index contributed by atoms with van der Waals surface area (Å²) in [5.74, 6) is 0.0832. The van der Waals surface area contributed by atoms with Crippen molar-refractivity contribution in [3.05, 3.63) is 0 Å². The number of nitrogens with zero attached hydrogens (tertiary/aromatic N) is 1. The van der Waals surface area contributed by atoms with Crippen LogP contribution in [0.1, 0.15) is 20.8 Å². The summed E-state index contributed by atoms with van der Waals surface area (Å²) in [6.07, 6.45) is -4.17. The van der Waals surface area contributed by atoms with Gasteiger partial charge in [-0.3, -0.25) is 4.90 Å². The third-order valence-electron chi connectivity index (χ3n) is 2.95. The monoisotopic (exact) mass is 212 g/mol. The first-order valence-corrected chi connectivity index (χ1v) is 4.61. The molecule has 0 amide bonds. The molecule has 2 nitrogen and oxygen atoms in total.